The maximum atomic E-state index is 13.4. The first kappa shape index (κ1) is 27.3. The van der Waals surface area contributed by atoms with Crippen molar-refractivity contribution >= 4 is 41.6 Å². The van der Waals surface area contributed by atoms with Gasteiger partial charge < -0.3 is 14.9 Å². The van der Waals surface area contributed by atoms with Gasteiger partial charge >= 0.3 is 5.97 Å². The molecule has 37 heavy (non-hydrogen) atoms. The lowest BCUT2D eigenvalue weighted by molar-refractivity contribution is -0.140. The fourth-order valence-corrected chi connectivity index (χ4v) is 3.99. The minimum absolute atomic E-state index is 0. The number of nitrogen functional groups attached to an aromatic ring is 1. The number of fused-ring (bicyclic) bond motifs is 1. The molecule has 0 aliphatic carbocycles. The number of nitrogens with zero attached hydrogens (tertiary/aromatic N) is 4. The van der Waals surface area contributed by atoms with Gasteiger partial charge in [0, 0.05) is 35.8 Å². The Kier molecular flexibility index (Phi) is 8.97. The minimum Gasteiger partial charge on any atom is -0.469 e. The van der Waals surface area contributed by atoms with E-state index in [2.05, 4.69) is 4.98 Å². The van der Waals surface area contributed by atoms with Crippen molar-refractivity contribution in [1.29, 1.82) is 5.41 Å². The molecule has 0 atom stereocenters. The fraction of sp³-hybridized carbons (Fsp3) is 0.222. The van der Waals surface area contributed by atoms with Crippen molar-refractivity contribution in [2.45, 2.75) is 26.2 Å². The maximum absolute atomic E-state index is 13.4. The zero-order valence-electron chi connectivity index (χ0n) is 20.7. The van der Waals surface area contributed by atoms with Crippen molar-refractivity contribution in [3.8, 4) is 0 Å². The highest BCUT2D eigenvalue weighted by molar-refractivity contribution is 6.06. The van der Waals surface area contributed by atoms with Crippen LogP contribution in [0.15, 0.2) is 67.0 Å². The van der Waals surface area contributed by atoms with Crippen molar-refractivity contribution in [2.75, 3.05) is 18.6 Å². The highest BCUT2D eigenvalue weighted by Gasteiger charge is 2.21. The molecular formula is C27H29ClN6O3. The van der Waals surface area contributed by atoms with Gasteiger partial charge in [0.2, 0.25) is 0 Å². The zero-order chi connectivity index (χ0) is 25.7. The van der Waals surface area contributed by atoms with E-state index in [0.717, 1.165) is 29.8 Å². The number of hydrogen-bond acceptors (Lipinski definition) is 6. The van der Waals surface area contributed by atoms with Gasteiger partial charge in [0.25, 0.3) is 5.91 Å². The molecule has 0 saturated carbocycles. The molecule has 0 saturated heterocycles. The molecule has 1 amide bonds. The molecular weight excluding hydrogens is 492 g/mol. The summed E-state index contributed by atoms with van der Waals surface area (Å²) >= 11 is 0. The number of aryl methyl sites for hydroxylation is 3. The summed E-state index contributed by atoms with van der Waals surface area (Å²) in [6.07, 6.45) is 5.02. The quantitative estimate of drug-likeness (QED) is 0.197. The second-order valence-corrected chi connectivity index (χ2v) is 8.37. The topological polar surface area (TPSA) is 127 Å². The van der Waals surface area contributed by atoms with E-state index in [1.807, 2.05) is 41.8 Å². The summed E-state index contributed by atoms with van der Waals surface area (Å²) in [7, 11) is 1.32. The number of nitrogens with two attached hydrogens (primary N) is 1. The molecule has 0 radical (unpaired) electrons. The monoisotopic (exact) mass is 520 g/mol. The summed E-state index contributed by atoms with van der Waals surface area (Å²) in [5.74, 6) is -0.159. The van der Waals surface area contributed by atoms with Gasteiger partial charge in [0.05, 0.1) is 19.2 Å². The first-order valence-corrected chi connectivity index (χ1v) is 11.6. The number of aromatic nitrogens is 3. The predicted octanol–water partition coefficient (Wildman–Crippen LogP) is 3.74. The van der Waals surface area contributed by atoms with Crippen LogP contribution in [0.4, 0.5) is 5.82 Å². The number of nitrogens with one attached hydrogen (secondary N) is 1. The van der Waals surface area contributed by atoms with Crippen molar-refractivity contribution in [3.63, 3.8) is 0 Å². The molecule has 3 N–H and O–H groups in total. The van der Waals surface area contributed by atoms with E-state index in [1.165, 1.54) is 12.0 Å². The predicted molar refractivity (Wildman–Crippen MR) is 145 cm³/mol. The van der Waals surface area contributed by atoms with Crippen LogP contribution in [0.3, 0.4) is 0 Å². The number of benzene rings is 1. The molecule has 4 rings (SSSR count). The largest absolute Gasteiger partial charge is 0.469 e. The number of amides is 1. The molecule has 3 heterocycles. The van der Waals surface area contributed by atoms with Gasteiger partial charge in [-0.15, -0.1) is 12.4 Å². The maximum Gasteiger partial charge on any atom is 0.307 e. The lowest BCUT2D eigenvalue weighted by Crippen LogP contribution is -2.34. The van der Waals surface area contributed by atoms with Gasteiger partial charge in [-0.25, -0.2) is 9.97 Å². The summed E-state index contributed by atoms with van der Waals surface area (Å²) < 4.78 is 6.70. The number of halogens is 1. The Morgan fingerprint density at radius 1 is 1.08 bits per heavy atom. The van der Waals surface area contributed by atoms with Crippen LogP contribution < -0.4 is 10.6 Å². The number of amidine groups is 1. The van der Waals surface area contributed by atoms with Crippen LogP contribution in [0.5, 0.6) is 0 Å². The summed E-state index contributed by atoms with van der Waals surface area (Å²) in [4.78, 5) is 35.7. The Morgan fingerprint density at radius 3 is 2.49 bits per heavy atom. The van der Waals surface area contributed by atoms with E-state index in [9.17, 15) is 9.59 Å². The average molecular weight is 521 g/mol. The third-order valence-corrected chi connectivity index (χ3v) is 6.06. The van der Waals surface area contributed by atoms with E-state index in [0.29, 0.717) is 22.6 Å². The number of carbonyl (C=O) groups is 2. The molecule has 4 aromatic rings. The van der Waals surface area contributed by atoms with Crippen molar-refractivity contribution in [2.24, 2.45) is 5.73 Å². The lowest BCUT2D eigenvalue weighted by Gasteiger charge is -2.21. The summed E-state index contributed by atoms with van der Waals surface area (Å²) in [5, 5.41) is 7.52. The molecule has 0 aliphatic heterocycles. The summed E-state index contributed by atoms with van der Waals surface area (Å²) in [5.41, 5.74) is 10.4. The van der Waals surface area contributed by atoms with Crippen molar-refractivity contribution in [3.05, 3.63) is 95.1 Å². The van der Waals surface area contributed by atoms with Crippen LogP contribution in [0, 0.1) is 12.3 Å². The third-order valence-electron chi connectivity index (χ3n) is 6.06. The molecule has 0 spiro atoms. The minimum atomic E-state index is -0.399. The number of hydrogen-bond donors (Lipinski definition) is 2. The van der Waals surface area contributed by atoms with Gasteiger partial charge in [-0.3, -0.25) is 19.9 Å². The van der Waals surface area contributed by atoms with Gasteiger partial charge in [0.1, 0.15) is 17.3 Å². The van der Waals surface area contributed by atoms with Crippen LogP contribution >= 0.6 is 12.4 Å². The van der Waals surface area contributed by atoms with Gasteiger partial charge in [-0.05, 0) is 49.6 Å². The summed E-state index contributed by atoms with van der Waals surface area (Å²) in [6.45, 7) is 2.15. The molecule has 3 aromatic heterocycles. The highest BCUT2D eigenvalue weighted by atomic mass is 35.5. The number of methoxy groups -OCH3 is 1. The van der Waals surface area contributed by atoms with Crippen LogP contribution in [0.1, 0.15) is 39.3 Å². The van der Waals surface area contributed by atoms with Crippen LogP contribution in [-0.4, -0.2) is 45.7 Å². The number of imidazole rings is 1. The van der Waals surface area contributed by atoms with Crippen molar-refractivity contribution < 1.29 is 14.3 Å². The molecule has 9 nitrogen and oxygen atoms in total. The number of carbonyl (C=O) groups excluding carboxylic acids is 2. The van der Waals surface area contributed by atoms with E-state index < -0.39 is 5.97 Å². The number of rotatable bonds is 9. The number of ether oxygens (including phenoxy) is 1. The normalized spacial score (nSPS) is 10.5. The Hall–Kier alpha value is -4.24. The van der Waals surface area contributed by atoms with Crippen molar-refractivity contribution in [1.82, 2.24) is 14.4 Å². The smallest absolute Gasteiger partial charge is 0.307 e. The van der Waals surface area contributed by atoms with Gasteiger partial charge in [0.15, 0.2) is 0 Å². The molecule has 10 heteroatoms. The number of anilines is 1. The van der Waals surface area contributed by atoms with Crippen LogP contribution in [0.2, 0.25) is 0 Å². The Bertz CT molecular complexity index is 1400. The first-order chi connectivity index (χ1) is 17.4. The Labute approximate surface area is 221 Å². The van der Waals surface area contributed by atoms with E-state index >= 15 is 0 Å². The van der Waals surface area contributed by atoms with Gasteiger partial charge in [-0.1, -0.05) is 30.3 Å². The second-order valence-electron chi connectivity index (χ2n) is 8.37. The second kappa shape index (κ2) is 12.1. The molecule has 192 valence electrons. The summed E-state index contributed by atoms with van der Waals surface area (Å²) in [6, 6.07) is 16.4. The zero-order valence-corrected chi connectivity index (χ0v) is 21.5. The van der Waals surface area contributed by atoms with E-state index in [4.69, 9.17) is 20.9 Å². The molecule has 0 unspecified atom stereocenters. The Morgan fingerprint density at radius 2 is 1.84 bits per heavy atom. The third kappa shape index (κ3) is 6.31. The highest BCUT2D eigenvalue weighted by Crippen LogP contribution is 2.19. The van der Waals surface area contributed by atoms with Crippen LogP contribution in [0.25, 0.3) is 5.65 Å². The molecule has 0 fully saturated rings. The Balaban J connectivity index is 0.00000380. The number of esters is 1. The van der Waals surface area contributed by atoms with Gasteiger partial charge in [-0.2, -0.15) is 0 Å². The fourth-order valence-electron chi connectivity index (χ4n) is 3.99. The standard InChI is InChI=1S/C27H28N6O3.ClH/c1-18-22(11-8-19-6-9-20(10-7-19)26(28)29)31-24-17-21(12-15-32(18)24)27(35)33(16-13-25(34)36-2)23-5-3-4-14-30-23;/h3-7,9-10,12,14-15,17H,8,11,13,16H2,1-2H3,(H3,28,29);1H. The molecule has 0 bridgehead atoms. The SMILES string of the molecule is COC(=O)CCN(C(=O)c1ccn2c(C)c(CCc3ccc(C(=N)N)cc3)nc2c1)c1ccccn1.Cl. The first-order valence-electron chi connectivity index (χ1n) is 11.6. The average Bonchev–Trinajstić information content (AvgIpc) is 3.22. The number of pyridine rings is 2. The lowest BCUT2D eigenvalue weighted by atomic mass is 10.1. The van der Waals surface area contributed by atoms with E-state index in [1.54, 1.807) is 36.5 Å². The molecule has 0 aliphatic rings. The molecule has 1 aromatic carbocycles. The van der Waals surface area contributed by atoms with Crippen LogP contribution in [-0.2, 0) is 22.4 Å². The van der Waals surface area contributed by atoms with E-state index in [-0.39, 0.29) is 37.1 Å².